The second kappa shape index (κ2) is 4.24. The molecule has 1 N–H and O–H groups in total. The number of nitrogens with zero attached hydrogens (tertiary/aromatic N) is 1. The van der Waals surface area contributed by atoms with Crippen LogP contribution in [0.3, 0.4) is 0 Å². The van der Waals surface area contributed by atoms with E-state index in [1.54, 1.807) is 0 Å². The lowest BCUT2D eigenvalue weighted by Gasteiger charge is -2.22. The Balaban J connectivity index is 2.23. The summed E-state index contributed by atoms with van der Waals surface area (Å²) in [5.74, 6) is 0.746. The van der Waals surface area contributed by atoms with Crippen molar-refractivity contribution in [2.75, 3.05) is 20.1 Å². The summed E-state index contributed by atoms with van der Waals surface area (Å²) in [6, 6.07) is 1.38. The summed E-state index contributed by atoms with van der Waals surface area (Å²) in [7, 11) is 2.20. The van der Waals surface area contributed by atoms with Gasteiger partial charge in [0.05, 0.1) is 0 Å². The van der Waals surface area contributed by atoms with Crippen LogP contribution >= 0.6 is 0 Å². The highest BCUT2D eigenvalue weighted by Gasteiger charge is 2.21. The van der Waals surface area contributed by atoms with Crippen LogP contribution in [0.1, 0.15) is 27.2 Å². The lowest BCUT2D eigenvalue weighted by Crippen LogP contribution is -2.40. The molecular weight excluding hydrogens is 148 g/mol. The maximum atomic E-state index is 3.67. The van der Waals surface area contributed by atoms with Crippen LogP contribution in [0.4, 0.5) is 0 Å². The molecule has 2 nitrogen and oxygen atoms in total. The topological polar surface area (TPSA) is 15.3 Å². The zero-order valence-electron chi connectivity index (χ0n) is 8.80. The van der Waals surface area contributed by atoms with Crippen LogP contribution in [0.2, 0.25) is 0 Å². The highest BCUT2D eigenvalue weighted by atomic mass is 15.2. The van der Waals surface area contributed by atoms with Crippen molar-refractivity contribution < 1.29 is 0 Å². The fourth-order valence-corrected chi connectivity index (χ4v) is 1.64. The molecule has 2 atom stereocenters. The lowest BCUT2D eigenvalue weighted by atomic mass is 10.1. The molecule has 1 rings (SSSR count). The molecule has 0 aromatic rings. The molecule has 1 fully saturated rings. The van der Waals surface area contributed by atoms with Gasteiger partial charge in [-0.15, -0.1) is 0 Å². The Kier molecular flexibility index (Phi) is 3.53. The third-order valence-corrected chi connectivity index (χ3v) is 2.89. The van der Waals surface area contributed by atoms with E-state index in [-0.39, 0.29) is 0 Å². The SMILES string of the molecule is CC(C)[C@@H](C)N[C@H]1CCN(C)C1. The van der Waals surface area contributed by atoms with Crippen molar-refractivity contribution in [2.45, 2.75) is 39.3 Å². The van der Waals surface area contributed by atoms with E-state index >= 15 is 0 Å². The van der Waals surface area contributed by atoms with Gasteiger partial charge in [-0.25, -0.2) is 0 Å². The van der Waals surface area contributed by atoms with Gasteiger partial charge in [0.2, 0.25) is 0 Å². The summed E-state index contributed by atoms with van der Waals surface area (Å²) >= 11 is 0. The molecule has 1 saturated heterocycles. The number of likely N-dealkylation sites (N-methyl/N-ethyl adjacent to an activating group) is 1. The zero-order valence-corrected chi connectivity index (χ0v) is 8.80. The van der Waals surface area contributed by atoms with Gasteiger partial charge in [0, 0.05) is 18.6 Å². The molecule has 0 saturated carbocycles. The Morgan fingerprint density at radius 3 is 2.42 bits per heavy atom. The average Bonchev–Trinajstić information content (AvgIpc) is 2.35. The number of hydrogen-bond acceptors (Lipinski definition) is 2. The van der Waals surface area contributed by atoms with E-state index in [1.807, 2.05) is 0 Å². The van der Waals surface area contributed by atoms with E-state index in [2.05, 4.69) is 38.0 Å². The Morgan fingerprint density at radius 2 is 2.00 bits per heavy atom. The molecule has 0 radical (unpaired) electrons. The molecule has 2 heteroatoms. The van der Waals surface area contributed by atoms with E-state index in [0.717, 1.165) is 12.0 Å². The first-order chi connectivity index (χ1) is 5.59. The number of rotatable bonds is 3. The first-order valence-corrected chi connectivity index (χ1v) is 5.04. The molecule has 1 aliphatic heterocycles. The second-order valence-corrected chi connectivity index (χ2v) is 4.45. The fraction of sp³-hybridized carbons (Fsp3) is 1.00. The van der Waals surface area contributed by atoms with E-state index < -0.39 is 0 Å². The van der Waals surface area contributed by atoms with Crippen LogP contribution in [0.25, 0.3) is 0 Å². The molecule has 0 spiro atoms. The summed E-state index contributed by atoms with van der Waals surface area (Å²) in [5.41, 5.74) is 0. The van der Waals surface area contributed by atoms with Gasteiger partial charge in [-0.2, -0.15) is 0 Å². The standard InChI is InChI=1S/C10H22N2/c1-8(2)9(3)11-10-5-6-12(4)7-10/h8-11H,5-7H2,1-4H3/t9-,10+/m1/s1. The summed E-state index contributed by atoms with van der Waals surface area (Å²) in [6.07, 6.45) is 1.31. The third kappa shape index (κ3) is 2.76. The van der Waals surface area contributed by atoms with Crippen LogP contribution < -0.4 is 5.32 Å². The molecule has 0 amide bonds. The van der Waals surface area contributed by atoms with Crippen LogP contribution in [-0.2, 0) is 0 Å². The van der Waals surface area contributed by atoms with Crippen LogP contribution in [0.15, 0.2) is 0 Å². The highest BCUT2D eigenvalue weighted by Crippen LogP contribution is 2.09. The van der Waals surface area contributed by atoms with Crippen molar-refractivity contribution in [3.8, 4) is 0 Å². The van der Waals surface area contributed by atoms with Crippen molar-refractivity contribution >= 4 is 0 Å². The Morgan fingerprint density at radius 1 is 1.33 bits per heavy atom. The van der Waals surface area contributed by atoms with Gasteiger partial charge in [0.25, 0.3) is 0 Å². The first kappa shape index (κ1) is 10.0. The molecule has 0 unspecified atom stereocenters. The van der Waals surface area contributed by atoms with Crippen molar-refractivity contribution in [2.24, 2.45) is 5.92 Å². The van der Waals surface area contributed by atoms with Gasteiger partial charge in [-0.1, -0.05) is 13.8 Å². The first-order valence-electron chi connectivity index (χ1n) is 5.04. The lowest BCUT2D eigenvalue weighted by molar-refractivity contribution is 0.353. The summed E-state index contributed by atoms with van der Waals surface area (Å²) in [6.45, 7) is 9.30. The monoisotopic (exact) mass is 170 g/mol. The van der Waals surface area contributed by atoms with Crippen molar-refractivity contribution in [1.82, 2.24) is 10.2 Å². The molecule has 1 aliphatic rings. The van der Waals surface area contributed by atoms with Gasteiger partial charge in [0.15, 0.2) is 0 Å². The quantitative estimate of drug-likeness (QED) is 0.687. The third-order valence-electron chi connectivity index (χ3n) is 2.89. The molecule has 0 aliphatic carbocycles. The zero-order chi connectivity index (χ0) is 9.14. The van der Waals surface area contributed by atoms with Crippen molar-refractivity contribution in [3.05, 3.63) is 0 Å². The predicted octanol–water partition coefficient (Wildman–Crippen LogP) is 1.32. The normalized spacial score (nSPS) is 28.2. The molecule has 0 aromatic carbocycles. The van der Waals surface area contributed by atoms with Crippen LogP contribution in [0.5, 0.6) is 0 Å². The highest BCUT2D eigenvalue weighted by molar-refractivity contribution is 4.81. The number of likely N-dealkylation sites (tertiary alicyclic amines) is 1. The summed E-state index contributed by atoms with van der Waals surface area (Å²) in [5, 5.41) is 3.67. The Hall–Kier alpha value is -0.0800. The van der Waals surface area contributed by atoms with Crippen molar-refractivity contribution in [1.29, 1.82) is 0 Å². The van der Waals surface area contributed by atoms with E-state index in [9.17, 15) is 0 Å². The van der Waals surface area contributed by atoms with Crippen LogP contribution in [-0.4, -0.2) is 37.1 Å². The smallest absolute Gasteiger partial charge is 0.0209 e. The van der Waals surface area contributed by atoms with Gasteiger partial charge in [-0.3, -0.25) is 0 Å². The van der Waals surface area contributed by atoms with E-state index in [4.69, 9.17) is 0 Å². The Bertz CT molecular complexity index is 134. The van der Waals surface area contributed by atoms with E-state index in [0.29, 0.717) is 6.04 Å². The predicted molar refractivity (Wildman–Crippen MR) is 53.3 cm³/mol. The van der Waals surface area contributed by atoms with Gasteiger partial charge in [0.1, 0.15) is 0 Å². The van der Waals surface area contributed by atoms with E-state index in [1.165, 1.54) is 19.5 Å². The molecular formula is C10H22N2. The van der Waals surface area contributed by atoms with Crippen molar-refractivity contribution in [3.63, 3.8) is 0 Å². The maximum Gasteiger partial charge on any atom is 0.0209 e. The Labute approximate surface area is 76.3 Å². The number of nitrogens with one attached hydrogen (secondary N) is 1. The summed E-state index contributed by atoms with van der Waals surface area (Å²) < 4.78 is 0. The molecule has 1 heterocycles. The largest absolute Gasteiger partial charge is 0.310 e. The second-order valence-electron chi connectivity index (χ2n) is 4.45. The minimum Gasteiger partial charge on any atom is -0.310 e. The fourth-order valence-electron chi connectivity index (χ4n) is 1.64. The summed E-state index contributed by atoms with van der Waals surface area (Å²) in [4.78, 5) is 2.39. The van der Waals surface area contributed by atoms with Gasteiger partial charge < -0.3 is 10.2 Å². The van der Waals surface area contributed by atoms with Gasteiger partial charge >= 0.3 is 0 Å². The minimum atomic E-state index is 0.654. The molecule has 0 bridgehead atoms. The molecule has 72 valence electrons. The molecule has 0 aromatic heterocycles. The maximum absolute atomic E-state index is 3.67. The van der Waals surface area contributed by atoms with Gasteiger partial charge in [-0.05, 0) is 32.9 Å². The number of hydrogen-bond donors (Lipinski definition) is 1. The minimum absolute atomic E-state index is 0.654. The average molecular weight is 170 g/mol. The molecule has 12 heavy (non-hydrogen) atoms. The van der Waals surface area contributed by atoms with Crippen LogP contribution in [0, 0.1) is 5.92 Å².